The van der Waals surface area contributed by atoms with E-state index >= 15 is 0 Å². The van der Waals surface area contributed by atoms with E-state index in [2.05, 4.69) is 15.3 Å². The van der Waals surface area contributed by atoms with Gasteiger partial charge in [-0.05, 0) is 13.3 Å². The maximum absolute atomic E-state index is 10.9. The van der Waals surface area contributed by atoms with Crippen LogP contribution in [0.15, 0.2) is 6.07 Å². The molecule has 88 valence electrons. The minimum atomic E-state index is -0.486. The van der Waals surface area contributed by atoms with Crippen LogP contribution in [0.3, 0.4) is 0 Å². The van der Waals surface area contributed by atoms with Crippen LogP contribution in [0.2, 0.25) is 5.15 Å². The van der Waals surface area contributed by atoms with Crippen molar-refractivity contribution in [2.45, 2.75) is 32.7 Å². The lowest BCUT2D eigenvalue weighted by Crippen LogP contribution is -2.32. The largest absolute Gasteiger partial charge is 0.368 e. The predicted molar refractivity (Wildman–Crippen MR) is 63.3 cm³/mol. The molecule has 0 saturated carbocycles. The second kappa shape index (κ2) is 5.65. The number of anilines is 1. The van der Waals surface area contributed by atoms with E-state index in [0.29, 0.717) is 16.8 Å². The van der Waals surface area contributed by atoms with Crippen molar-refractivity contribution in [2.75, 3.05) is 5.32 Å². The second-order valence-electron chi connectivity index (χ2n) is 3.51. The van der Waals surface area contributed by atoms with E-state index in [1.807, 2.05) is 6.92 Å². The molecule has 0 spiro atoms. The Hall–Kier alpha value is -1.36. The van der Waals surface area contributed by atoms with Crippen LogP contribution in [-0.2, 0) is 11.2 Å². The summed E-state index contributed by atoms with van der Waals surface area (Å²) in [5.41, 5.74) is 5.14. The Morgan fingerprint density at radius 3 is 2.88 bits per heavy atom. The number of hydrogen-bond donors (Lipinski definition) is 2. The van der Waals surface area contributed by atoms with Gasteiger partial charge >= 0.3 is 0 Å². The van der Waals surface area contributed by atoms with Crippen LogP contribution in [0.5, 0.6) is 0 Å². The molecule has 3 N–H and O–H groups in total. The maximum Gasteiger partial charge on any atom is 0.239 e. The quantitative estimate of drug-likeness (QED) is 0.764. The van der Waals surface area contributed by atoms with Gasteiger partial charge in [0, 0.05) is 12.5 Å². The molecule has 0 aliphatic heterocycles. The zero-order chi connectivity index (χ0) is 12.1. The van der Waals surface area contributed by atoms with Crippen LogP contribution in [0.4, 0.5) is 5.82 Å². The number of rotatable bonds is 5. The van der Waals surface area contributed by atoms with Gasteiger partial charge in [0.1, 0.15) is 22.8 Å². The van der Waals surface area contributed by atoms with Gasteiger partial charge in [-0.1, -0.05) is 18.5 Å². The fraction of sp³-hybridized carbons (Fsp3) is 0.500. The summed E-state index contributed by atoms with van der Waals surface area (Å²) in [6, 6.07) is 1.08. The van der Waals surface area contributed by atoms with Gasteiger partial charge in [-0.15, -0.1) is 0 Å². The van der Waals surface area contributed by atoms with Gasteiger partial charge in [0.05, 0.1) is 0 Å². The van der Waals surface area contributed by atoms with Crippen molar-refractivity contribution in [3.05, 3.63) is 17.0 Å². The fourth-order valence-corrected chi connectivity index (χ4v) is 1.37. The number of amides is 1. The third-order valence-electron chi connectivity index (χ3n) is 2.01. The van der Waals surface area contributed by atoms with E-state index in [1.165, 1.54) is 0 Å². The molecule has 0 fully saturated rings. The van der Waals surface area contributed by atoms with Crippen molar-refractivity contribution < 1.29 is 4.79 Å². The standard InChI is InChI=1S/C10H15ClN4O/c1-3-4-8-14-7(11)5-9(15-8)13-6(2)10(12)16/h5-6H,3-4H2,1-2H3,(H2,12,16)(H,13,14,15). The number of primary amides is 1. The molecule has 1 rings (SSSR count). The molecule has 0 aliphatic carbocycles. The lowest BCUT2D eigenvalue weighted by Gasteiger charge is -2.11. The fourth-order valence-electron chi connectivity index (χ4n) is 1.17. The number of nitrogens with zero attached hydrogens (tertiary/aromatic N) is 2. The summed E-state index contributed by atoms with van der Waals surface area (Å²) in [5, 5.41) is 3.23. The third-order valence-corrected chi connectivity index (χ3v) is 2.20. The third kappa shape index (κ3) is 3.66. The Kier molecular flexibility index (Phi) is 4.49. The van der Waals surface area contributed by atoms with Crippen molar-refractivity contribution in [2.24, 2.45) is 5.73 Å². The summed E-state index contributed by atoms with van der Waals surface area (Å²) in [7, 11) is 0. The Morgan fingerprint density at radius 1 is 1.62 bits per heavy atom. The Balaban J connectivity index is 2.83. The zero-order valence-electron chi connectivity index (χ0n) is 9.33. The summed E-state index contributed by atoms with van der Waals surface area (Å²) >= 11 is 5.84. The molecule has 5 nitrogen and oxygen atoms in total. The van der Waals surface area contributed by atoms with Crippen LogP contribution in [0, 0.1) is 0 Å². The van der Waals surface area contributed by atoms with E-state index < -0.39 is 11.9 Å². The summed E-state index contributed by atoms with van der Waals surface area (Å²) in [6.45, 7) is 3.70. The first-order chi connectivity index (χ1) is 7.52. The lowest BCUT2D eigenvalue weighted by atomic mass is 10.3. The van der Waals surface area contributed by atoms with Crippen LogP contribution in [0.25, 0.3) is 0 Å². The topological polar surface area (TPSA) is 80.9 Å². The molecule has 0 radical (unpaired) electrons. The monoisotopic (exact) mass is 242 g/mol. The minimum absolute atomic E-state index is 0.359. The molecule has 1 amide bonds. The smallest absolute Gasteiger partial charge is 0.239 e. The number of halogens is 1. The van der Waals surface area contributed by atoms with Crippen LogP contribution < -0.4 is 11.1 Å². The number of aromatic nitrogens is 2. The highest BCUT2D eigenvalue weighted by atomic mass is 35.5. The molecule has 0 aliphatic rings. The van der Waals surface area contributed by atoms with Crippen molar-refractivity contribution in [3.63, 3.8) is 0 Å². The second-order valence-corrected chi connectivity index (χ2v) is 3.90. The molecule has 1 heterocycles. The van der Waals surface area contributed by atoms with Gasteiger partial charge in [-0.2, -0.15) is 0 Å². The summed E-state index contributed by atoms with van der Waals surface area (Å²) < 4.78 is 0. The number of hydrogen-bond acceptors (Lipinski definition) is 4. The number of carbonyl (C=O) groups excluding carboxylic acids is 1. The van der Waals surface area contributed by atoms with E-state index in [4.69, 9.17) is 17.3 Å². The highest BCUT2D eigenvalue weighted by molar-refractivity contribution is 6.29. The van der Waals surface area contributed by atoms with Crippen LogP contribution >= 0.6 is 11.6 Å². The van der Waals surface area contributed by atoms with Crippen molar-refractivity contribution in [1.29, 1.82) is 0 Å². The average molecular weight is 243 g/mol. The van der Waals surface area contributed by atoms with E-state index in [9.17, 15) is 4.79 Å². The summed E-state index contributed by atoms with van der Waals surface area (Å²) in [5.74, 6) is 0.746. The predicted octanol–water partition coefficient (Wildman–Crippen LogP) is 1.37. The van der Waals surface area contributed by atoms with E-state index in [-0.39, 0.29) is 0 Å². The molecule has 1 unspecified atom stereocenters. The summed E-state index contributed by atoms with van der Waals surface area (Å²) in [4.78, 5) is 19.2. The van der Waals surface area contributed by atoms with Crippen molar-refractivity contribution in [1.82, 2.24) is 9.97 Å². The normalized spacial score (nSPS) is 12.2. The molecule has 6 heteroatoms. The minimum Gasteiger partial charge on any atom is -0.368 e. The number of carbonyl (C=O) groups is 1. The first-order valence-electron chi connectivity index (χ1n) is 5.12. The number of nitrogens with two attached hydrogens (primary N) is 1. The van der Waals surface area contributed by atoms with Gasteiger partial charge < -0.3 is 11.1 Å². The number of nitrogens with one attached hydrogen (secondary N) is 1. The summed E-state index contributed by atoms with van der Waals surface area (Å²) in [6.07, 6.45) is 1.69. The number of aryl methyl sites for hydroxylation is 1. The van der Waals surface area contributed by atoms with Gasteiger partial charge in [-0.3, -0.25) is 4.79 Å². The molecule has 0 aromatic carbocycles. The molecule has 0 bridgehead atoms. The molecule has 1 aromatic heterocycles. The maximum atomic E-state index is 10.9. The zero-order valence-corrected chi connectivity index (χ0v) is 10.1. The average Bonchev–Trinajstić information content (AvgIpc) is 2.16. The highest BCUT2D eigenvalue weighted by Gasteiger charge is 2.10. The molecule has 1 atom stereocenters. The van der Waals surface area contributed by atoms with Crippen molar-refractivity contribution in [3.8, 4) is 0 Å². The van der Waals surface area contributed by atoms with Crippen LogP contribution in [0.1, 0.15) is 26.1 Å². The van der Waals surface area contributed by atoms with Crippen molar-refractivity contribution >= 4 is 23.3 Å². The van der Waals surface area contributed by atoms with Gasteiger partial charge in [0.25, 0.3) is 0 Å². The van der Waals surface area contributed by atoms with Gasteiger partial charge in [0.2, 0.25) is 5.91 Å². The van der Waals surface area contributed by atoms with Gasteiger partial charge in [0.15, 0.2) is 0 Å². The van der Waals surface area contributed by atoms with E-state index in [0.717, 1.165) is 12.8 Å². The molecule has 0 saturated heterocycles. The SMILES string of the molecule is CCCc1nc(Cl)cc(NC(C)C(N)=O)n1. The molecular formula is C10H15ClN4O. The molecule has 16 heavy (non-hydrogen) atoms. The lowest BCUT2D eigenvalue weighted by molar-refractivity contribution is -0.118. The molecular weight excluding hydrogens is 228 g/mol. The first-order valence-corrected chi connectivity index (χ1v) is 5.50. The van der Waals surface area contributed by atoms with Crippen LogP contribution in [-0.4, -0.2) is 21.9 Å². The first kappa shape index (κ1) is 12.7. The molecule has 1 aromatic rings. The Bertz CT molecular complexity index is 383. The van der Waals surface area contributed by atoms with E-state index in [1.54, 1.807) is 13.0 Å². The Morgan fingerprint density at radius 2 is 2.31 bits per heavy atom. The van der Waals surface area contributed by atoms with Gasteiger partial charge in [-0.25, -0.2) is 9.97 Å². The highest BCUT2D eigenvalue weighted by Crippen LogP contribution is 2.13. The Labute approximate surface area is 99.4 Å².